The summed E-state index contributed by atoms with van der Waals surface area (Å²) in [6, 6.07) is 0.618. The first-order valence-electron chi connectivity index (χ1n) is 8.73. The quantitative estimate of drug-likeness (QED) is 0.874. The number of hydrogen-bond donors (Lipinski definition) is 1. The molecule has 2 fully saturated rings. The van der Waals surface area contributed by atoms with Gasteiger partial charge in [-0.15, -0.1) is 0 Å². The number of likely N-dealkylation sites (tertiary alicyclic amines) is 2. The molecule has 1 aromatic heterocycles. The predicted octanol–water partition coefficient (Wildman–Crippen LogP) is 1.23. The van der Waals surface area contributed by atoms with E-state index in [-0.39, 0.29) is 18.1 Å². The summed E-state index contributed by atoms with van der Waals surface area (Å²) in [5, 5.41) is 3.40. The van der Waals surface area contributed by atoms with Crippen molar-refractivity contribution < 1.29 is 9.53 Å². The molecular formula is C17H27N5O2. The molecule has 1 amide bonds. The van der Waals surface area contributed by atoms with Crippen LogP contribution in [0.15, 0.2) is 12.4 Å². The Balaban J connectivity index is 1.69. The highest BCUT2D eigenvalue weighted by atomic mass is 16.5. The Morgan fingerprint density at radius 1 is 1.29 bits per heavy atom. The number of hydrogen-bond acceptors (Lipinski definition) is 6. The molecule has 2 atom stereocenters. The summed E-state index contributed by atoms with van der Waals surface area (Å²) < 4.78 is 5.61. The number of rotatable bonds is 5. The van der Waals surface area contributed by atoms with Gasteiger partial charge in [0.05, 0.1) is 24.5 Å². The second kappa shape index (κ2) is 7.44. The highest BCUT2D eigenvalue weighted by Crippen LogP contribution is 2.19. The molecule has 0 radical (unpaired) electrons. The van der Waals surface area contributed by atoms with Gasteiger partial charge in [-0.25, -0.2) is 4.98 Å². The molecule has 0 spiro atoms. The zero-order valence-electron chi connectivity index (χ0n) is 14.7. The minimum Gasteiger partial charge on any atom is -0.378 e. The van der Waals surface area contributed by atoms with Gasteiger partial charge in [-0.3, -0.25) is 14.7 Å². The fourth-order valence-electron chi connectivity index (χ4n) is 3.41. The van der Waals surface area contributed by atoms with Gasteiger partial charge in [0.15, 0.2) is 0 Å². The van der Waals surface area contributed by atoms with E-state index in [4.69, 9.17) is 4.74 Å². The standard InChI is InChI=1S/C17H27N5O2/c1-12(2)22-10-14(15(11-22)24-3)20-16-9-18-8-13(19-16)17(23)21-6-4-5-7-21/h8-9,12,14-15H,4-7,10-11H2,1-3H3,(H,19,20)/t14-,15-/m0/s1. The van der Waals surface area contributed by atoms with Gasteiger partial charge in [0.1, 0.15) is 11.5 Å². The topological polar surface area (TPSA) is 70.6 Å². The normalized spacial score (nSPS) is 24.8. The molecule has 2 aliphatic heterocycles. The van der Waals surface area contributed by atoms with Crippen molar-refractivity contribution in [3.05, 3.63) is 18.1 Å². The summed E-state index contributed by atoms with van der Waals surface area (Å²) in [5.41, 5.74) is 0.412. The average Bonchev–Trinajstić information content (AvgIpc) is 3.24. The molecule has 7 heteroatoms. The van der Waals surface area contributed by atoms with E-state index in [9.17, 15) is 4.79 Å². The van der Waals surface area contributed by atoms with Crippen LogP contribution in [-0.2, 0) is 4.74 Å². The minimum absolute atomic E-state index is 0.0258. The lowest BCUT2D eigenvalue weighted by Crippen LogP contribution is -2.34. The zero-order valence-corrected chi connectivity index (χ0v) is 14.7. The van der Waals surface area contributed by atoms with Gasteiger partial charge in [0.2, 0.25) is 0 Å². The molecule has 1 aromatic rings. The van der Waals surface area contributed by atoms with Gasteiger partial charge in [0, 0.05) is 39.3 Å². The predicted molar refractivity (Wildman–Crippen MR) is 92.1 cm³/mol. The molecule has 0 aliphatic carbocycles. The Bertz CT molecular complexity index is 574. The van der Waals surface area contributed by atoms with Crippen LogP contribution in [0.2, 0.25) is 0 Å². The second-order valence-electron chi connectivity index (χ2n) is 6.86. The fraction of sp³-hybridized carbons (Fsp3) is 0.706. The van der Waals surface area contributed by atoms with Crippen LogP contribution in [0.1, 0.15) is 37.2 Å². The summed E-state index contributed by atoms with van der Waals surface area (Å²) >= 11 is 0. The number of anilines is 1. The SMILES string of the molecule is CO[C@H]1CN(C(C)C)C[C@@H]1Nc1cncc(C(=O)N2CCCC2)n1. The van der Waals surface area contributed by atoms with Crippen molar-refractivity contribution in [2.75, 3.05) is 38.6 Å². The van der Waals surface area contributed by atoms with Gasteiger partial charge in [-0.2, -0.15) is 0 Å². The number of nitrogens with one attached hydrogen (secondary N) is 1. The van der Waals surface area contributed by atoms with Crippen molar-refractivity contribution >= 4 is 11.7 Å². The van der Waals surface area contributed by atoms with Crippen molar-refractivity contribution in [3.8, 4) is 0 Å². The smallest absolute Gasteiger partial charge is 0.274 e. The Morgan fingerprint density at radius 2 is 2.04 bits per heavy atom. The lowest BCUT2D eigenvalue weighted by Gasteiger charge is -2.20. The minimum atomic E-state index is -0.0258. The number of ether oxygens (including phenoxy) is 1. The van der Waals surface area contributed by atoms with Crippen LogP contribution in [-0.4, -0.2) is 77.2 Å². The van der Waals surface area contributed by atoms with Crippen LogP contribution in [0.3, 0.4) is 0 Å². The summed E-state index contributed by atoms with van der Waals surface area (Å²) in [6.07, 6.45) is 5.46. The molecule has 7 nitrogen and oxygen atoms in total. The lowest BCUT2D eigenvalue weighted by molar-refractivity contribution is 0.0786. The van der Waals surface area contributed by atoms with Crippen LogP contribution in [0.4, 0.5) is 5.82 Å². The van der Waals surface area contributed by atoms with Crippen LogP contribution in [0.5, 0.6) is 0 Å². The van der Waals surface area contributed by atoms with E-state index in [1.54, 1.807) is 19.5 Å². The summed E-state index contributed by atoms with van der Waals surface area (Å²) in [4.78, 5) is 25.4. The Labute approximate surface area is 143 Å². The number of carbonyl (C=O) groups is 1. The van der Waals surface area contributed by atoms with Crippen LogP contribution >= 0.6 is 0 Å². The monoisotopic (exact) mass is 333 g/mol. The molecule has 1 N–H and O–H groups in total. The van der Waals surface area contributed by atoms with E-state index in [0.29, 0.717) is 17.6 Å². The third-order valence-corrected chi connectivity index (χ3v) is 4.91. The molecule has 24 heavy (non-hydrogen) atoms. The van der Waals surface area contributed by atoms with E-state index >= 15 is 0 Å². The average molecular weight is 333 g/mol. The van der Waals surface area contributed by atoms with E-state index in [2.05, 4.69) is 34.0 Å². The molecule has 0 aromatic carbocycles. The van der Waals surface area contributed by atoms with Crippen LogP contribution < -0.4 is 5.32 Å². The van der Waals surface area contributed by atoms with Crippen molar-refractivity contribution in [1.29, 1.82) is 0 Å². The maximum atomic E-state index is 12.5. The molecule has 3 heterocycles. The molecule has 3 rings (SSSR count). The van der Waals surface area contributed by atoms with Crippen molar-refractivity contribution in [2.24, 2.45) is 0 Å². The van der Waals surface area contributed by atoms with E-state index < -0.39 is 0 Å². The van der Waals surface area contributed by atoms with Crippen molar-refractivity contribution in [2.45, 2.75) is 44.9 Å². The maximum Gasteiger partial charge on any atom is 0.274 e. The first-order valence-corrected chi connectivity index (χ1v) is 8.73. The van der Waals surface area contributed by atoms with Gasteiger partial charge in [0.25, 0.3) is 5.91 Å². The summed E-state index contributed by atoms with van der Waals surface area (Å²) in [6.45, 7) is 7.79. The maximum absolute atomic E-state index is 12.5. The van der Waals surface area contributed by atoms with Crippen molar-refractivity contribution in [1.82, 2.24) is 19.8 Å². The summed E-state index contributed by atoms with van der Waals surface area (Å²) in [5.74, 6) is 0.611. The molecule has 0 unspecified atom stereocenters. The van der Waals surface area contributed by atoms with Crippen molar-refractivity contribution in [3.63, 3.8) is 0 Å². The Morgan fingerprint density at radius 3 is 2.71 bits per heavy atom. The van der Waals surface area contributed by atoms with E-state index in [0.717, 1.165) is 39.0 Å². The number of aromatic nitrogens is 2. The third-order valence-electron chi connectivity index (χ3n) is 4.91. The molecule has 2 saturated heterocycles. The van der Waals surface area contributed by atoms with Gasteiger partial charge < -0.3 is 15.0 Å². The highest BCUT2D eigenvalue weighted by Gasteiger charge is 2.34. The van der Waals surface area contributed by atoms with Crippen LogP contribution in [0.25, 0.3) is 0 Å². The zero-order chi connectivity index (χ0) is 17.1. The first-order chi connectivity index (χ1) is 11.6. The molecule has 2 aliphatic rings. The molecule has 132 valence electrons. The van der Waals surface area contributed by atoms with Gasteiger partial charge in [-0.1, -0.05) is 0 Å². The largest absolute Gasteiger partial charge is 0.378 e. The molecule has 0 bridgehead atoms. The molecular weight excluding hydrogens is 306 g/mol. The van der Waals surface area contributed by atoms with Gasteiger partial charge in [-0.05, 0) is 26.7 Å². The highest BCUT2D eigenvalue weighted by molar-refractivity contribution is 5.92. The third kappa shape index (κ3) is 3.67. The number of nitrogens with zero attached hydrogens (tertiary/aromatic N) is 4. The fourth-order valence-corrected chi connectivity index (χ4v) is 3.41. The first kappa shape index (κ1) is 17.1. The Kier molecular flexibility index (Phi) is 5.30. The van der Waals surface area contributed by atoms with E-state index in [1.165, 1.54) is 0 Å². The van der Waals surface area contributed by atoms with E-state index in [1.807, 2.05) is 4.90 Å². The number of carbonyl (C=O) groups excluding carboxylic acids is 1. The number of methoxy groups -OCH3 is 1. The molecule has 0 saturated carbocycles. The lowest BCUT2D eigenvalue weighted by atomic mass is 10.2. The number of amides is 1. The van der Waals surface area contributed by atoms with Crippen LogP contribution in [0, 0.1) is 0 Å². The second-order valence-corrected chi connectivity index (χ2v) is 6.86. The summed E-state index contributed by atoms with van der Waals surface area (Å²) in [7, 11) is 1.74. The Hall–Kier alpha value is -1.73. The van der Waals surface area contributed by atoms with Gasteiger partial charge >= 0.3 is 0 Å².